The maximum atomic E-state index is 14.2. The number of allylic oxidation sites excluding steroid dienone is 5. The highest BCUT2D eigenvalue weighted by molar-refractivity contribution is 6.19. The van der Waals surface area contributed by atoms with E-state index in [1.807, 2.05) is 116 Å². The fourth-order valence-electron chi connectivity index (χ4n) is 8.03. The molecule has 0 radical (unpaired) electrons. The van der Waals surface area contributed by atoms with Crippen molar-refractivity contribution < 1.29 is 0 Å². The lowest BCUT2D eigenvalue weighted by Gasteiger charge is -2.14. The van der Waals surface area contributed by atoms with Crippen LogP contribution in [0.4, 0.5) is 0 Å². The molecule has 0 aliphatic heterocycles. The molecule has 10 rings (SSSR count). The third-order valence-electron chi connectivity index (χ3n) is 10.4. The molecule has 0 aliphatic rings. The molecule has 0 saturated carbocycles. The first kappa shape index (κ1) is 30.6. The van der Waals surface area contributed by atoms with Crippen LogP contribution in [0, 0.1) is 0 Å². The van der Waals surface area contributed by atoms with Crippen LogP contribution in [-0.2, 0) is 0 Å². The Morgan fingerprint density at radius 3 is 1.72 bits per heavy atom. The van der Waals surface area contributed by atoms with Crippen molar-refractivity contribution in [3.8, 4) is 33.6 Å². The highest BCUT2D eigenvalue weighted by Crippen LogP contribution is 2.41. The van der Waals surface area contributed by atoms with Gasteiger partial charge < -0.3 is 0 Å². The number of hydrogen-bond donors (Lipinski definition) is 0. The van der Waals surface area contributed by atoms with Gasteiger partial charge in [-0.25, -0.2) is 9.97 Å². The molecule has 0 atom stereocenters. The summed E-state index contributed by atoms with van der Waals surface area (Å²) in [6.07, 6.45) is 7.54. The van der Waals surface area contributed by atoms with Crippen LogP contribution < -0.4 is 11.1 Å². The lowest BCUT2D eigenvalue weighted by atomic mass is 9.91. The molecule has 53 heavy (non-hydrogen) atoms. The van der Waals surface area contributed by atoms with E-state index in [0.717, 1.165) is 77.0 Å². The summed E-state index contributed by atoms with van der Waals surface area (Å²) in [4.78, 5) is 38.4. The minimum atomic E-state index is -0.114. The van der Waals surface area contributed by atoms with Crippen molar-refractivity contribution in [2.45, 2.75) is 6.92 Å². The lowest BCUT2D eigenvalue weighted by Crippen LogP contribution is -2.15. The maximum Gasteiger partial charge on any atom is 0.264 e. The molecule has 0 fully saturated rings. The van der Waals surface area contributed by atoms with Crippen LogP contribution in [0.1, 0.15) is 12.7 Å². The Hall–Kier alpha value is -7.18. The second kappa shape index (κ2) is 11.7. The molecule has 0 amide bonds. The molecular weight excluding hydrogens is 653 g/mol. The van der Waals surface area contributed by atoms with Crippen molar-refractivity contribution in [1.29, 1.82) is 0 Å². The van der Waals surface area contributed by atoms with Crippen molar-refractivity contribution in [2.24, 2.45) is 0 Å². The first-order chi connectivity index (χ1) is 26.1. The van der Waals surface area contributed by atoms with Gasteiger partial charge in [-0.05, 0) is 70.3 Å². The zero-order valence-corrected chi connectivity index (χ0v) is 28.7. The molecule has 6 aromatic carbocycles. The van der Waals surface area contributed by atoms with Crippen molar-refractivity contribution in [3.63, 3.8) is 0 Å². The first-order valence-electron chi connectivity index (χ1n) is 17.6. The SMILES string of the molecule is C=C/C(=C\C=C/C)c1nc2ccc(-c3cccc(-c4ccc5nc(-c6ccccc6)n6c(=O)c7ccccc7c4c56)c3)c3c4ccccc4c(=O)n1c23. The van der Waals surface area contributed by atoms with Gasteiger partial charge in [0.2, 0.25) is 0 Å². The zero-order valence-electron chi connectivity index (χ0n) is 28.7. The first-order valence-corrected chi connectivity index (χ1v) is 17.6. The van der Waals surface area contributed by atoms with E-state index in [2.05, 4.69) is 43.0 Å². The molecule has 4 aromatic heterocycles. The molecule has 0 unspecified atom stereocenters. The summed E-state index contributed by atoms with van der Waals surface area (Å²) in [5.74, 6) is 1.19. The van der Waals surface area contributed by atoms with Gasteiger partial charge in [0.1, 0.15) is 11.6 Å². The van der Waals surface area contributed by atoms with E-state index in [4.69, 9.17) is 9.97 Å². The van der Waals surface area contributed by atoms with E-state index in [1.165, 1.54) is 0 Å². The van der Waals surface area contributed by atoms with Crippen LogP contribution in [0.15, 0.2) is 168 Å². The Kier molecular flexibility index (Phi) is 6.75. The fraction of sp³-hybridized carbons (Fsp3) is 0.0213. The third-order valence-corrected chi connectivity index (χ3v) is 10.4. The van der Waals surface area contributed by atoms with Gasteiger partial charge in [-0.2, -0.15) is 0 Å². The van der Waals surface area contributed by atoms with E-state index in [0.29, 0.717) is 22.4 Å². The average molecular weight is 683 g/mol. The van der Waals surface area contributed by atoms with Crippen LogP contribution in [0.5, 0.6) is 0 Å². The van der Waals surface area contributed by atoms with Crippen molar-refractivity contribution in [1.82, 2.24) is 18.8 Å². The minimum Gasteiger partial charge on any atom is -0.268 e. The summed E-state index contributed by atoms with van der Waals surface area (Å²) in [6, 6.07) is 42.2. The standard InChI is InChI=1S/C47H30N4O2/c1-3-5-14-28(4-2)44-48-38-25-23-32(40-34-19-9-11-21-36(34)46(52)50(44)42(38)40)30-17-13-18-31(27-30)33-24-26-39-43-41(33)35-20-10-12-22-37(35)47(53)51(43)45(49-39)29-15-7-6-8-16-29/h3-27H,2H2,1H3/b5-3-,28-14+. The number of hydrogen-bond acceptors (Lipinski definition) is 4. The van der Waals surface area contributed by atoms with Gasteiger partial charge in [0.15, 0.2) is 0 Å². The molecule has 10 aromatic rings. The quantitative estimate of drug-likeness (QED) is 0.129. The van der Waals surface area contributed by atoms with Gasteiger partial charge in [0.05, 0.1) is 22.1 Å². The van der Waals surface area contributed by atoms with Crippen molar-refractivity contribution in [2.75, 3.05) is 0 Å². The van der Waals surface area contributed by atoms with Gasteiger partial charge in [-0.15, -0.1) is 0 Å². The molecule has 0 spiro atoms. The summed E-state index contributed by atoms with van der Waals surface area (Å²) in [5.41, 5.74) is 8.53. The molecule has 0 saturated heterocycles. The smallest absolute Gasteiger partial charge is 0.264 e. The van der Waals surface area contributed by atoms with Gasteiger partial charge in [-0.1, -0.05) is 128 Å². The minimum absolute atomic E-state index is 0.0860. The summed E-state index contributed by atoms with van der Waals surface area (Å²) in [6.45, 7) is 5.99. The molecule has 0 aliphatic carbocycles. The number of imidazole rings is 2. The second-order valence-electron chi connectivity index (χ2n) is 13.3. The van der Waals surface area contributed by atoms with Crippen LogP contribution in [0.2, 0.25) is 0 Å². The lowest BCUT2D eigenvalue weighted by molar-refractivity contribution is 1.08. The summed E-state index contributed by atoms with van der Waals surface area (Å²) < 4.78 is 3.53. The number of aromatic nitrogens is 4. The topological polar surface area (TPSA) is 68.7 Å². The Labute approximate surface area is 303 Å². The molecule has 6 heteroatoms. The number of fused-ring (bicyclic) bond motifs is 4. The molecule has 0 N–H and O–H groups in total. The number of rotatable bonds is 6. The third kappa shape index (κ3) is 4.39. The van der Waals surface area contributed by atoms with E-state index in [-0.39, 0.29) is 11.1 Å². The number of nitrogens with zero attached hydrogens (tertiary/aromatic N) is 4. The highest BCUT2D eigenvalue weighted by Gasteiger charge is 2.23. The number of pyridine rings is 2. The van der Waals surface area contributed by atoms with Gasteiger partial charge >= 0.3 is 0 Å². The van der Waals surface area contributed by atoms with Gasteiger partial charge in [0.25, 0.3) is 11.1 Å². The Morgan fingerprint density at radius 2 is 1.11 bits per heavy atom. The second-order valence-corrected chi connectivity index (χ2v) is 13.3. The van der Waals surface area contributed by atoms with Crippen LogP contribution in [0.3, 0.4) is 0 Å². The monoisotopic (exact) mass is 682 g/mol. The summed E-state index contributed by atoms with van der Waals surface area (Å²) in [7, 11) is 0. The zero-order chi connectivity index (χ0) is 35.8. The predicted octanol–water partition coefficient (Wildman–Crippen LogP) is 10.3. The normalized spacial score (nSPS) is 12.5. The van der Waals surface area contributed by atoms with E-state index in [9.17, 15) is 9.59 Å². The van der Waals surface area contributed by atoms with Gasteiger partial charge in [-0.3, -0.25) is 18.4 Å². The molecule has 6 nitrogen and oxygen atoms in total. The number of benzene rings is 6. The fourth-order valence-corrected chi connectivity index (χ4v) is 8.03. The van der Waals surface area contributed by atoms with Crippen molar-refractivity contribution in [3.05, 3.63) is 185 Å². The molecule has 4 heterocycles. The van der Waals surface area contributed by atoms with Crippen LogP contribution in [-0.4, -0.2) is 18.8 Å². The highest BCUT2D eigenvalue weighted by atomic mass is 16.1. The molecular formula is C47H30N4O2. The predicted molar refractivity (Wildman–Crippen MR) is 218 cm³/mol. The van der Waals surface area contributed by atoms with Gasteiger partial charge in [0, 0.05) is 32.7 Å². The summed E-state index contributed by atoms with van der Waals surface area (Å²) in [5, 5.41) is 4.97. The Balaban J connectivity index is 1.26. The maximum absolute atomic E-state index is 14.2. The molecule has 0 bridgehead atoms. The van der Waals surface area contributed by atoms with Crippen LogP contribution in [0.25, 0.3) is 93.6 Å². The van der Waals surface area contributed by atoms with Crippen LogP contribution >= 0.6 is 0 Å². The van der Waals surface area contributed by atoms with Crippen molar-refractivity contribution >= 4 is 60.0 Å². The van der Waals surface area contributed by atoms with E-state index >= 15 is 0 Å². The Morgan fingerprint density at radius 1 is 0.585 bits per heavy atom. The van der Waals surface area contributed by atoms with E-state index < -0.39 is 0 Å². The average Bonchev–Trinajstić information content (AvgIpc) is 3.80. The Bertz CT molecular complexity index is 3300. The molecule has 250 valence electrons. The largest absolute Gasteiger partial charge is 0.268 e. The summed E-state index contributed by atoms with van der Waals surface area (Å²) >= 11 is 0. The van der Waals surface area contributed by atoms with E-state index in [1.54, 1.807) is 14.9 Å².